The van der Waals surface area contributed by atoms with E-state index < -0.39 is 0 Å². The van der Waals surface area contributed by atoms with Gasteiger partial charge in [-0.1, -0.05) is 53.4 Å². The van der Waals surface area contributed by atoms with Gasteiger partial charge in [0, 0.05) is 18.4 Å². The third-order valence-electron chi connectivity index (χ3n) is 6.17. The molecule has 158 valence electrons. The monoisotopic (exact) mass is 404 g/mol. The molecule has 0 N–H and O–H groups in total. The molecule has 3 atom stereocenters. The zero-order valence-corrected chi connectivity index (χ0v) is 19.4. The predicted molar refractivity (Wildman–Crippen MR) is 122 cm³/mol. The number of carbonyl (C=O) groups excluding carboxylic acids is 1. The highest BCUT2D eigenvalue weighted by Crippen LogP contribution is 2.41. The van der Waals surface area contributed by atoms with Gasteiger partial charge in [0.05, 0.1) is 11.8 Å². The second-order valence-corrected chi connectivity index (χ2v) is 10.4. The molecule has 3 nitrogen and oxygen atoms in total. The summed E-state index contributed by atoms with van der Waals surface area (Å²) >= 11 is 1.78. The van der Waals surface area contributed by atoms with Crippen LogP contribution in [0.2, 0.25) is 0 Å². The Hall–Kier alpha value is -1.03. The van der Waals surface area contributed by atoms with Crippen molar-refractivity contribution < 1.29 is 4.79 Å². The van der Waals surface area contributed by atoms with Gasteiger partial charge in [-0.15, -0.1) is 0 Å². The minimum atomic E-state index is 0.0898. The Labute approximate surface area is 177 Å². The van der Waals surface area contributed by atoms with E-state index in [-0.39, 0.29) is 11.5 Å². The zero-order valence-electron chi connectivity index (χ0n) is 18.6. The molecule has 1 fully saturated rings. The third-order valence-corrected chi connectivity index (χ3v) is 7.31. The van der Waals surface area contributed by atoms with Gasteiger partial charge < -0.3 is 4.90 Å². The molecule has 1 heterocycles. The molecule has 2 rings (SSSR count). The van der Waals surface area contributed by atoms with Crippen LogP contribution in [0.1, 0.15) is 91.2 Å². The van der Waals surface area contributed by atoms with Gasteiger partial charge >= 0.3 is 0 Å². The summed E-state index contributed by atoms with van der Waals surface area (Å²) in [5.74, 6) is 2.49. The number of carbonyl (C=O) groups is 1. The lowest BCUT2D eigenvalue weighted by molar-refractivity contribution is -0.136. The Balaban J connectivity index is 2.36. The Morgan fingerprint density at radius 1 is 1.18 bits per heavy atom. The second-order valence-electron chi connectivity index (χ2n) is 9.34. The number of nitrogens with zero attached hydrogens (tertiary/aromatic N) is 2. The van der Waals surface area contributed by atoms with Crippen LogP contribution in [0.3, 0.4) is 0 Å². The van der Waals surface area contributed by atoms with Crippen LogP contribution in [0.15, 0.2) is 24.5 Å². The number of thioether (sulfide) groups is 1. The van der Waals surface area contributed by atoms with E-state index in [2.05, 4.69) is 56.6 Å². The van der Waals surface area contributed by atoms with Crippen LogP contribution in [-0.4, -0.2) is 33.3 Å². The molecule has 0 aromatic carbocycles. The van der Waals surface area contributed by atoms with Crippen molar-refractivity contribution >= 4 is 17.7 Å². The number of aromatic nitrogens is 1. The minimum Gasteiger partial charge on any atom is -0.332 e. The molecule has 3 unspecified atom stereocenters. The smallest absolute Gasteiger partial charge is 0.233 e. The molecule has 0 bridgehead atoms. The second kappa shape index (κ2) is 11.2. The fourth-order valence-corrected chi connectivity index (χ4v) is 5.43. The lowest BCUT2D eigenvalue weighted by atomic mass is 9.70. The van der Waals surface area contributed by atoms with Gasteiger partial charge in [0.15, 0.2) is 0 Å². The number of rotatable bonds is 7. The molecule has 0 radical (unpaired) electrons. The summed E-state index contributed by atoms with van der Waals surface area (Å²) in [6, 6.07) is 4.54. The molecule has 1 aliphatic rings. The molecule has 1 saturated carbocycles. The fraction of sp³-hybridized carbons (Fsp3) is 0.750. The van der Waals surface area contributed by atoms with E-state index >= 15 is 0 Å². The first kappa shape index (κ1) is 23.3. The lowest BCUT2D eigenvalue weighted by Gasteiger charge is -2.46. The van der Waals surface area contributed by atoms with Crippen molar-refractivity contribution in [3.05, 3.63) is 30.1 Å². The van der Waals surface area contributed by atoms with Crippen molar-refractivity contribution in [2.24, 2.45) is 11.3 Å². The minimum absolute atomic E-state index is 0.0898. The molecule has 1 aliphatic carbocycles. The summed E-state index contributed by atoms with van der Waals surface area (Å²) in [4.78, 5) is 19.9. The van der Waals surface area contributed by atoms with E-state index in [9.17, 15) is 4.79 Å². The van der Waals surface area contributed by atoms with Crippen LogP contribution in [0, 0.1) is 11.3 Å². The first-order valence-electron chi connectivity index (χ1n) is 11.1. The number of pyridine rings is 1. The number of hydrogen-bond donors (Lipinski definition) is 0. The van der Waals surface area contributed by atoms with Crippen LogP contribution in [-0.2, 0) is 4.79 Å². The first-order valence-corrected chi connectivity index (χ1v) is 12.3. The Kier molecular flexibility index (Phi) is 9.33. The van der Waals surface area contributed by atoms with E-state index in [1.54, 1.807) is 11.8 Å². The van der Waals surface area contributed by atoms with E-state index in [0.29, 0.717) is 23.6 Å². The average molecular weight is 405 g/mol. The maximum absolute atomic E-state index is 13.5. The van der Waals surface area contributed by atoms with Crippen LogP contribution in [0.4, 0.5) is 0 Å². The Bertz CT molecular complexity index is 584. The maximum atomic E-state index is 13.5. The summed E-state index contributed by atoms with van der Waals surface area (Å²) in [6.45, 7) is 11.5. The van der Waals surface area contributed by atoms with Crippen molar-refractivity contribution in [2.75, 3.05) is 11.5 Å². The van der Waals surface area contributed by atoms with Gasteiger partial charge in [0.1, 0.15) is 0 Å². The highest BCUT2D eigenvalue weighted by atomic mass is 32.2. The average Bonchev–Trinajstić information content (AvgIpc) is 2.63. The molecule has 4 heteroatoms. The molecular formula is C24H40N2OS. The lowest BCUT2D eigenvalue weighted by Crippen LogP contribution is -2.50. The SMILES string of the molecule is CCCSCC(=O)N(C(C)c1ccncc1)C1CCCCCCC1C(C)(C)C. The molecule has 1 aromatic rings. The van der Waals surface area contributed by atoms with Gasteiger partial charge in [0.25, 0.3) is 0 Å². The third kappa shape index (κ3) is 6.50. The normalized spacial score (nSPS) is 22.2. The van der Waals surface area contributed by atoms with Crippen molar-refractivity contribution in [1.29, 1.82) is 0 Å². The van der Waals surface area contributed by atoms with E-state index in [1.165, 1.54) is 37.7 Å². The van der Waals surface area contributed by atoms with Crippen LogP contribution >= 0.6 is 11.8 Å². The van der Waals surface area contributed by atoms with E-state index in [0.717, 1.165) is 18.6 Å². The molecule has 28 heavy (non-hydrogen) atoms. The molecule has 1 aromatic heterocycles. The van der Waals surface area contributed by atoms with Gasteiger partial charge in [-0.05, 0) is 61.0 Å². The Morgan fingerprint density at radius 3 is 2.43 bits per heavy atom. The van der Waals surface area contributed by atoms with Crippen LogP contribution in [0.5, 0.6) is 0 Å². The molecular weight excluding hydrogens is 364 g/mol. The van der Waals surface area contributed by atoms with Crippen LogP contribution in [0.25, 0.3) is 0 Å². The largest absolute Gasteiger partial charge is 0.332 e. The van der Waals surface area contributed by atoms with E-state index in [1.807, 2.05) is 12.4 Å². The number of hydrogen-bond acceptors (Lipinski definition) is 3. The summed E-state index contributed by atoms with van der Waals surface area (Å²) in [7, 11) is 0. The topological polar surface area (TPSA) is 33.2 Å². The fourth-order valence-electron chi connectivity index (χ4n) is 4.68. The Morgan fingerprint density at radius 2 is 1.82 bits per heavy atom. The molecule has 0 saturated heterocycles. The standard InChI is InChI=1S/C24H40N2OS/c1-6-17-28-18-23(27)26(19(2)20-13-15-25-16-14-20)22-12-10-8-7-9-11-21(22)24(3,4)5/h13-16,19,21-22H,6-12,17-18H2,1-5H3. The van der Waals surface area contributed by atoms with Crippen molar-refractivity contribution in [3.8, 4) is 0 Å². The predicted octanol–water partition coefficient (Wildman–Crippen LogP) is 6.50. The highest BCUT2D eigenvalue weighted by molar-refractivity contribution is 7.99. The van der Waals surface area contributed by atoms with Crippen molar-refractivity contribution in [3.63, 3.8) is 0 Å². The van der Waals surface area contributed by atoms with Crippen molar-refractivity contribution in [2.45, 2.75) is 91.6 Å². The highest BCUT2D eigenvalue weighted by Gasteiger charge is 2.39. The number of amides is 1. The summed E-state index contributed by atoms with van der Waals surface area (Å²) in [6.07, 6.45) is 12.3. The molecule has 1 amide bonds. The first-order chi connectivity index (χ1) is 13.4. The van der Waals surface area contributed by atoms with Gasteiger partial charge in [0.2, 0.25) is 5.91 Å². The summed E-state index contributed by atoms with van der Waals surface area (Å²) < 4.78 is 0. The van der Waals surface area contributed by atoms with Crippen LogP contribution < -0.4 is 0 Å². The van der Waals surface area contributed by atoms with E-state index in [4.69, 9.17) is 0 Å². The summed E-state index contributed by atoms with van der Waals surface area (Å²) in [5.41, 5.74) is 1.40. The molecule has 0 spiro atoms. The van der Waals surface area contributed by atoms with Crippen molar-refractivity contribution in [1.82, 2.24) is 9.88 Å². The summed E-state index contributed by atoms with van der Waals surface area (Å²) in [5, 5.41) is 0. The van der Waals surface area contributed by atoms with Gasteiger partial charge in [-0.2, -0.15) is 11.8 Å². The zero-order chi connectivity index (χ0) is 20.6. The van der Waals surface area contributed by atoms with Gasteiger partial charge in [-0.3, -0.25) is 9.78 Å². The maximum Gasteiger partial charge on any atom is 0.233 e. The quantitative estimate of drug-likeness (QED) is 0.486. The van der Waals surface area contributed by atoms with Gasteiger partial charge in [-0.25, -0.2) is 0 Å². The molecule has 0 aliphatic heterocycles.